The van der Waals surface area contributed by atoms with Crippen molar-refractivity contribution in [1.29, 1.82) is 0 Å². The summed E-state index contributed by atoms with van der Waals surface area (Å²) in [6, 6.07) is 5.60. The number of aromatic nitrogens is 1. The fraction of sp³-hybridized carbons (Fsp3) is 0.100. The summed E-state index contributed by atoms with van der Waals surface area (Å²) in [6.07, 6.45) is 5.10. The molecule has 0 aliphatic heterocycles. The lowest BCUT2D eigenvalue weighted by molar-refractivity contribution is 0.364. The van der Waals surface area contributed by atoms with Crippen molar-refractivity contribution in [2.45, 2.75) is 0 Å². The van der Waals surface area contributed by atoms with Crippen LogP contribution in [0.5, 0.6) is 5.88 Å². The fourth-order valence-corrected chi connectivity index (χ4v) is 1.85. The van der Waals surface area contributed by atoms with Crippen LogP contribution in [0.15, 0.2) is 18.2 Å². The molecule has 1 aromatic carbocycles. The third kappa shape index (κ3) is 1.50. The number of rotatable bonds is 2. The number of hydrogen-bond donors (Lipinski definition) is 1. The second-order valence-corrected chi connectivity index (χ2v) is 3.54. The van der Waals surface area contributed by atoms with Gasteiger partial charge in [-0.2, -0.15) is 4.37 Å². The second-order valence-electron chi connectivity index (χ2n) is 2.74. The standard InChI is InChI=1S/C10H8N2OS/c1-2-5-13-10-8-6-7(11)3-4-9(8)14-12-10/h1,3-4,6H,5,11H2. The smallest absolute Gasteiger partial charge is 0.234 e. The number of hydrogen-bond acceptors (Lipinski definition) is 4. The zero-order valence-corrected chi connectivity index (χ0v) is 8.17. The van der Waals surface area contributed by atoms with E-state index in [1.54, 1.807) is 0 Å². The molecule has 0 aliphatic carbocycles. The SMILES string of the molecule is C#CCOc1nsc2ccc(N)cc12. The zero-order valence-electron chi connectivity index (χ0n) is 7.36. The topological polar surface area (TPSA) is 48.1 Å². The number of anilines is 1. The van der Waals surface area contributed by atoms with Gasteiger partial charge >= 0.3 is 0 Å². The Labute approximate surface area is 85.7 Å². The predicted octanol–water partition coefficient (Wildman–Crippen LogP) is 1.89. The van der Waals surface area contributed by atoms with Crippen LogP contribution in [0.1, 0.15) is 0 Å². The first-order valence-corrected chi connectivity index (χ1v) is 4.80. The highest BCUT2D eigenvalue weighted by atomic mass is 32.1. The molecule has 1 aromatic heterocycles. The number of terminal acetylenes is 1. The van der Waals surface area contributed by atoms with Crippen LogP contribution in [0.4, 0.5) is 5.69 Å². The quantitative estimate of drug-likeness (QED) is 0.600. The normalized spacial score (nSPS) is 9.93. The van der Waals surface area contributed by atoms with Crippen molar-refractivity contribution >= 4 is 27.3 Å². The highest BCUT2D eigenvalue weighted by Crippen LogP contribution is 2.29. The molecule has 0 bridgehead atoms. The van der Waals surface area contributed by atoms with E-state index in [1.807, 2.05) is 18.2 Å². The summed E-state index contributed by atoms with van der Waals surface area (Å²) in [5.74, 6) is 2.96. The molecular formula is C10H8N2OS. The Balaban J connectivity index is 2.46. The van der Waals surface area contributed by atoms with Crippen molar-refractivity contribution in [1.82, 2.24) is 4.37 Å². The van der Waals surface area contributed by atoms with E-state index >= 15 is 0 Å². The van der Waals surface area contributed by atoms with E-state index in [4.69, 9.17) is 16.9 Å². The third-order valence-electron chi connectivity index (χ3n) is 1.75. The monoisotopic (exact) mass is 204 g/mol. The molecule has 2 rings (SSSR count). The number of fused-ring (bicyclic) bond motifs is 1. The maximum Gasteiger partial charge on any atom is 0.234 e. The Kier molecular flexibility index (Phi) is 2.25. The van der Waals surface area contributed by atoms with Crippen molar-refractivity contribution in [3.63, 3.8) is 0 Å². The largest absolute Gasteiger partial charge is 0.463 e. The molecule has 70 valence electrons. The number of ether oxygens (including phenoxy) is 1. The average molecular weight is 204 g/mol. The highest BCUT2D eigenvalue weighted by Gasteiger charge is 2.06. The van der Waals surface area contributed by atoms with E-state index in [9.17, 15) is 0 Å². The van der Waals surface area contributed by atoms with Crippen LogP contribution in [0.25, 0.3) is 10.1 Å². The number of benzene rings is 1. The van der Waals surface area contributed by atoms with E-state index in [1.165, 1.54) is 11.5 Å². The van der Waals surface area contributed by atoms with Gasteiger partial charge in [0, 0.05) is 5.69 Å². The Bertz CT molecular complexity index is 498. The van der Waals surface area contributed by atoms with E-state index < -0.39 is 0 Å². The van der Waals surface area contributed by atoms with Gasteiger partial charge in [-0.25, -0.2) is 0 Å². The fourth-order valence-electron chi connectivity index (χ4n) is 1.15. The molecule has 14 heavy (non-hydrogen) atoms. The van der Waals surface area contributed by atoms with Crippen LogP contribution >= 0.6 is 11.5 Å². The molecule has 2 N–H and O–H groups in total. The maximum atomic E-state index is 5.66. The lowest BCUT2D eigenvalue weighted by Crippen LogP contribution is -1.93. The number of nitrogen functional groups attached to an aromatic ring is 1. The van der Waals surface area contributed by atoms with E-state index in [0.717, 1.165) is 10.1 Å². The van der Waals surface area contributed by atoms with Gasteiger partial charge in [-0.05, 0) is 29.7 Å². The molecule has 0 atom stereocenters. The minimum absolute atomic E-state index is 0.230. The van der Waals surface area contributed by atoms with Crippen LogP contribution in [0, 0.1) is 12.3 Å². The van der Waals surface area contributed by atoms with Gasteiger partial charge in [0.25, 0.3) is 0 Å². The Morgan fingerprint density at radius 1 is 1.57 bits per heavy atom. The number of nitrogens with two attached hydrogens (primary N) is 1. The third-order valence-corrected chi connectivity index (χ3v) is 2.56. The Morgan fingerprint density at radius 2 is 2.43 bits per heavy atom. The van der Waals surface area contributed by atoms with Crippen molar-refractivity contribution < 1.29 is 4.74 Å². The first kappa shape index (κ1) is 8.85. The first-order chi connectivity index (χ1) is 6.81. The van der Waals surface area contributed by atoms with Crippen molar-refractivity contribution in [2.75, 3.05) is 12.3 Å². The van der Waals surface area contributed by atoms with Crippen LogP contribution in [0.2, 0.25) is 0 Å². The Morgan fingerprint density at radius 3 is 3.21 bits per heavy atom. The lowest BCUT2D eigenvalue weighted by Gasteiger charge is -1.97. The second kappa shape index (κ2) is 3.56. The average Bonchev–Trinajstić information content (AvgIpc) is 2.57. The molecule has 0 saturated carbocycles. The number of nitrogens with zero attached hydrogens (tertiary/aromatic N) is 1. The zero-order chi connectivity index (χ0) is 9.97. The highest BCUT2D eigenvalue weighted by molar-refractivity contribution is 7.13. The summed E-state index contributed by atoms with van der Waals surface area (Å²) < 4.78 is 10.5. The minimum atomic E-state index is 0.230. The lowest BCUT2D eigenvalue weighted by atomic mass is 10.2. The summed E-state index contributed by atoms with van der Waals surface area (Å²) >= 11 is 1.37. The molecule has 0 saturated heterocycles. The van der Waals surface area contributed by atoms with Gasteiger partial charge in [0.05, 0.1) is 10.1 Å². The van der Waals surface area contributed by atoms with E-state index in [0.29, 0.717) is 11.6 Å². The summed E-state index contributed by atoms with van der Waals surface area (Å²) in [7, 11) is 0. The summed E-state index contributed by atoms with van der Waals surface area (Å²) in [4.78, 5) is 0. The van der Waals surface area contributed by atoms with Crippen molar-refractivity contribution in [3.8, 4) is 18.2 Å². The van der Waals surface area contributed by atoms with Gasteiger partial charge in [0.15, 0.2) is 6.61 Å². The molecule has 0 unspecified atom stereocenters. The molecule has 0 aliphatic rings. The van der Waals surface area contributed by atoms with Crippen LogP contribution in [-0.4, -0.2) is 11.0 Å². The summed E-state index contributed by atoms with van der Waals surface area (Å²) in [5, 5.41) is 0.922. The Hall–Kier alpha value is -1.73. The molecule has 3 nitrogen and oxygen atoms in total. The molecule has 0 radical (unpaired) electrons. The maximum absolute atomic E-state index is 5.66. The van der Waals surface area contributed by atoms with Gasteiger partial charge in [0.1, 0.15) is 0 Å². The van der Waals surface area contributed by atoms with Gasteiger partial charge < -0.3 is 10.5 Å². The summed E-state index contributed by atoms with van der Waals surface area (Å²) in [6.45, 7) is 0.230. The van der Waals surface area contributed by atoms with Crippen LogP contribution in [0.3, 0.4) is 0 Å². The molecule has 2 aromatic rings. The van der Waals surface area contributed by atoms with Gasteiger partial charge in [-0.1, -0.05) is 5.92 Å². The van der Waals surface area contributed by atoms with E-state index in [-0.39, 0.29) is 6.61 Å². The molecule has 0 spiro atoms. The molecular weight excluding hydrogens is 196 g/mol. The molecule has 1 heterocycles. The van der Waals surface area contributed by atoms with Crippen molar-refractivity contribution in [2.24, 2.45) is 0 Å². The molecule has 4 heteroatoms. The van der Waals surface area contributed by atoms with Gasteiger partial charge in [0.2, 0.25) is 5.88 Å². The van der Waals surface area contributed by atoms with Crippen LogP contribution in [-0.2, 0) is 0 Å². The van der Waals surface area contributed by atoms with Gasteiger partial charge in [-0.15, -0.1) is 6.42 Å². The molecule has 0 fully saturated rings. The molecule has 0 amide bonds. The minimum Gasteiger partial charge on any atom is -0.463 e. The van der Waals surface area contributed by atoms with Crippen molar-refractivity contribution in [3.05, 3.63) is 18.2 Å². The summed E-state index contributed by atoms with van der Waals surface area (Å²) in [5.41, 5.74) is 6.36. The van der Waals surface area contributed by atoms with Crippen LogP contribution < -0.4 is 10.5 Å². The first-order valence-electron chi connectivity index (χ1n) is 4.02. The predicted molar refractivity (Wildman–Crippen MR) is 58.4 cm³/mol. The van der Waals surface area contributed by atoms with E-state index in [2.05, 4.69) is 10.3 Å². The van der Waals surface area contributed by atoms with Gasteiger partial charge in [-0.3, -0.25) is 0 Å².